The van der Waals surface area contributed by atoms with Crippen LogP contribution in [0.3, 0.4) is 0 Å². The molecule has 1 aromatic carbocycles. The summed E-state index contributed by atoms with van der Waals surface area (Å²) in [7, 11) is 0. The molecule has 0 saturated heterocycles. The Kier molecular flexibility index (Phi) is 3.04. The van der Waals surface area contributed by atoms with Gasteiger partial charge in [-0.3, -0.25) is 0 Å². The van der Waals surface area contributed by atoms with Crippen LogP contribution in [0.5, 0.6) is 0 Å². The molecule has 0 aliphatic rings. The van der Waals surface area contributed by atoms with Gasteiger partial charge in [-0.25, -0.2) is 0 Å². The van der Waals surface area contributed by atoms with Crippen LogP contribution in [0.15, 0.2) is 28.8 Å². The van der Waals surface area contributed by atoms with E-state index in [1.807, 2.05) is 26.0 Å². The van der Waals surface area contributed by atoms with Crippen molar-refractivity contribution in [2.24, 2.45) is 0 Å². The number of rotatable bonds is 3. The normalized spacial score (nSPS) is 11.0. The molecule has 2 aromatic rings. The van der Waals surface area contributed by atoms with E-state index in [0.29, 0.717) is 11.7 Å². The molecule has 0 amide bonds. The molecule has 0 spiro atoms. The van der Waals surface area contributed by atoms with Gasteiger partial charge >= 0.3 is 0 Å². The van der Waals surface area contributed by atoms with Gasteiger partial charge in [-0.05, 0) is 12.0 Å². The minimum absolute atomic E-state index is 0.274. The topological polar surface area (TPSA) is 38.9 Å². The molecule has 0 saturated carbocycles. The van der Waals surface area contributed by atoms with E-state index < -0.39 is 0 Å². The molecule has 1 heterocycles. The zero-order chi connectivity index (χ0) is 11.5. The number of benzene rings is 1. The number of aryl methyl sites for hydroxylation is 1. The largest absolute Gasteiger partial charge is 0.339 e. The van der Waals surface area contributed by atoms with Crippen molar-refractivity contribution >= 4 is 0 Å². The average molecular weight is 216 g/mol. The molecule has 3 nitrogen and oxygen atoms in total. The fourth-order valence-electron chi connectivity index (χ4n) is 1.48. The van der Waals surface area contributed by atoms with Crippen molar-refractivity contribution in [2.75, 3.05) is 0 Å². The third-order valence-corrected chi connectivity index (χ3v) is 2.56. The molecule has 0 fully saturated rings. The van der Waals surface area contributed by atoms with Gasteiger partial charge in [0.1, 0.15) is 0 Å². The number of hydrogen-bond donors (Lipinski definition) is 0. The molecular weight excluding hydrogens is 200 g/mol. The van der Waals surface area contributed by atoms with Crippen LogP contribution in [0.25, 0.3) is 11.4 Å². The van der Waals surface area contributed by atoms with Crippen LogP contribution < -0.4 is 0 Å². The summed E-state index contributed by atoms with van der Waals surface area (Å²) in [4.78, 5) is 4.36. The van der Waals surface area contributed by atoms with Gasteiger partial charge in [-0.1, -0.05) is 50.2 Å². The van der Waals surface area contributed by atoms with E-state index in [0.717, 1.165) is 12.0 Å². The molecule has 2 rings (SSSR count). The minimum Gasteiger partial charge on any atom is -0.339 e. The van der Waals surface area contributed by atoms with Crippen molar-refractivity contribution in [3.05, 3.63) is 35.7 Å². The molecule has 0 atom stereocenters. The first kappa shape index (κ1) is 10.9. The van der Waals surface area contributed by atoms with Gasteiger partial charge in [0.15, 0.2) is 0 Å². The van der Waals surface area contributed by atoms with E-state index in [1.165, 1.54) is 5.56 Å². The van der Waals surface area contributed by atoms with E-state index in [2.05, 4.69) is 29.2 Å². The molecule has 0 radical (unpaired) electrons. The summed E-state index contributed by atoms with van der Waals surface area (Å²) < 4.78 is 5.18. The number of aromatic nitrogens is 2. The van der Waals surface area contributed by atoms with E-state index in [4.69, 9.17) is 4.52 Å². The summed E-state index contributed by atoms with van der Waals surface area (Å²) in [5, 5.41) is 3.98. The van der Waals surface area contributed by atoms with Gasteiger partial charge in [0.05, 0.1) is 0 Å². The van der Waals surface area contributed by atoms with Crippen LogP contribution >= 0.6 is 0 Å². The smallest absolute Gasteiger partial charge is 0.229 e. The highest BCUT2D eigenvalue weighted by molar-refractivity contribution is 5.54. The Hall–Kier alpha value is -1.64. The summed E-state index contributed by atoms with van der Waals surface area (Å²) in [5.41, 5.74) is 2.32. The second-order valence-electron chi connectivity index (χ2n) is 4.16. The predicted molar refractivity (Wildman–Crippen MR) is 63.2 cm³/mol. The van der Waals surface area contributed by atoms with Gasteiger partial charge in [-0.2, -0.15) is 4.98 Å². The summed E-state index contributed by atoms with van der Waals surface area (Å²) >= 11 is 0. The third-order valence-electron chi connectivity index (χ3n) is 2.56. The highest BCUT2D eigenvalue weighted by atomic mass is 16.5. The van der Waals surface area contributed by atoms with Gasteiger partial charge in [0.25, 0.3) is 0 Å². The van der Waals surface area contributed by atoms with Crippen LogP contribution in [-0.4, -0.2) is 10.1 Å². The molecule has 0 bridgehead atoms. The molecule has 0 unspecified atom stereocenters. The maximum atomic E-state index is 5.18. The third kappa shape index (κ3) is 2.13. The van der Waals surface area contributed by atoms with Crippen LogP contribution in [0.2, 0.25) is 0 Å². The molecule has 0 N–H and O–H groups in total. The molecular formula is C13H16N2O. The standard InChI is InChI=1S/C13H16N2O/c1-4-10-5-7-11(8-6-10)12-14-13(9(2)3)16-15-12/h5-9H,4H2,1-3H3. The monoisotopic (exact) mass is 216 g/mol. The zero-order valence-corrected chi connectivity index (χ0v) is 9.90. The van der Waals surface area contributed by atoms with Crippen LogP contribution in [-0.2, 0) is 6.42 Å². The van der Waals surface area contributed by atoms with Crippen molar-refractivity contribution in [1.82, 2.24) is 10.1 Å². The molecule has 0 aliphatic heterocycles. The first-order valence-electron chi connectivity index (χ1n) is 5.63. The Morgan fingerprint density at radius 3 is 2.38 bits per heavy atom. The van der Waals surface area contributed by atoms with Gasteiger partial charge in [-0.15, -0.1) is 0 Å². The lowest BCUT2D eigenvalue weighted by Crippen LogP contribution is -1.87. The predicted octanol–water partition coefficient (Wildman–Crippen LogP) is 3.42. The maximum Gasteiger partial charge on any atom is 0.229 e. The first-order chi connectivity index (χ1) is 7.70. The number of hydrogen-bond acceptors (Lipinski definition) is 3. The van der Waals surface area contributed by atoms with Crippen molar-refractivity contribution in [2.45, 2.75) is 33.1 Å². The second kappa shape index (κ2) is 4.47. The fraction of sp³-hybridized carbons (Fsp3) is 0.385. The fourth-order valence-corrected chi connectivity index (χ4v) is 1.48. The molecule has 0 aliphatic carbocycles. The minimum atomic E-state index is 0.274. The van der Waals surface area contributed by atoms with Crippen molar-refractivity contribution < 1.29 is 4.52 Å². The molecule has 1 aromatic heterocycles. The van der Waals surface area contributed by atoms with Crippen molar-refractivity contribution in [3.8, 4) is 11.4 Å². The van der Waals surface area contributed by atoms with Crippen LogP contribution in [0.4, 0.5) is 0 Å². The summed E-state index contributed by atoms with van der Waals surface area (Å²) in [5.74, 6) is 1.64. The molecule has 16 heavy (non-hydrogen) atoms. The Morgan fingerprint density at radius 2 is 1.88 bits per heavy atom. The molecule has 3 heteroatoms. The summed E-state index contributed by atoms with van der Waals surface area (Å²) in [6.07, 6.45) is 1.05. The lowest BCUT2D eigenvalue weighted by Gasteiger charge is -1.97. The lowest BCUT2D eigenvalue weighted by molar-refractivity contribution is 0.365. The highest BCUT2D eigenvalue weighted by Gasteiger charge is 2.10. The van der Waals surface area contributed by atoms with Crippen LogP contribution in [0.1, 0.15) is 38.1 Å². The van der Waals surface area contributed by atoms with E-state index >= 15 is 0 Å². The lowest BCUT2D eigenvalue weighted by atomic mass is 10.1. The average Bonchev–Trinajstić information content (AvgIpc) is 2.78. The maximum absolute atomic E-state index is 5.18. The summed E-state index contributed by atoms with van der Waals surface area (Å²) in [6, 6.07) is 8.27. The first-order valence-corrected chi connectivity index (χ1v) is 5.63. The Balaban J connectivity index is 2.28. The second-order valence-corrected chi connectivity index (χ2v) is 4.16. The van der Waals surface area contributed by atoms with Crippen molar-refractivity contribution in [3.63, 3.8) is 0 Å². The quantitative estimate of drug-likeness (QED) is 0.789. The summed E-state index contributed by atoms with van der Waals surface area (Å²) in [6.45, 7) is 6.22. The zero-order valence-electron chi connectivity index (χ0n) is 9.90. The van der Waals surface area contributed by atoms with Gasteiger partial charge < -0.3 is 4.52 Å². The Labute approximate surface area is 95.5 Å². The van der Waals surface area contributed by atoms with E-state index in [-0.39, 0.29) is 5.92 Å². The van der Waals surface area contributed by atoms with E-state index in [1.54, 1.807) is 0 Å². The van der Waals surface area contributed by atoms with E-state index in [9.17, 15) is 0 Å². The SMILES string of the molecule is CCc1ccc(-c2noc(C(C)C)n2)cc1. The molecule has 84 valence electrons. The highest BCUT2D eigenvalue weighted by Crippen LogP contribution is 2.19. The van der Waals surface area contributed by atoms with Gasteiger partial charge in [0, 0.05) is 11.5 Å². The Bertz CT molecular complexity index is 457. The van der Waals surface area contributed by atoms with Crippen molar-refractivity contribution in [1.29, 1.82) is 0 Å². The van der Waals surface area contributed by atoms with Crippen LogP contribution in [0, 0.1) is 0 Å². The Morgan fingerprint density at radius 1 is 1.19 bits per heavy atom. The number of nitrogens with zero attached hydrogens (tertiary/aromatic N) is 2. The van der Waals surface area contributed by atoms with Gasteiger partial charge in [0.2, 0.25) is 11.7 Å².